The van der Waals surface area contributed by atoms with E-state index >= 15 is 0 Å². The number of esters is 1. The Morgan fingerprint density at radius 2 is 2.14 bits per heavy atom. The summed E-state index contributed by atoms with van der Waals surface area (Å²) in [5.41, 5.74) is 1.89. The maximum Gasteiger partial charge on any atom is 0.326 e. The Balaban J connectivity index is 2.28. The van der Waals surface area contributed by atoms with Crippen LogP contribution in [0.5, 0.6) is 5.75 Å². The van der Waals surface area contributed by atoms with Crippen LogP contribution in [-0.4, -0.2) is 31.8 Å². The number of hydrogen-bond acceptors (Lipinski definition) is 4. The van der Waals surface area contributed by atoms with Crippen LogP contribution in [0.1, 0.15) is 37.8 Å². The molecular formula is C17H25NO3. The van der Waals surface area contributed by atoms with E-state index in [1.165, 1.54) is 11.1 Å². The maximum atomic E-state index is 12.5. The predicted molar refractivity (Wildman–Crippen MR) is 82.7 cm³/mol. The van der Waals surface area contributed by atoms with E-state index in [9.17, 15) is 4.79 Å². The van der Waals surface area contributed by atoms with Crippen molar-refractivity contribution in [2.45, 2.75) is 45.1 Å². The molecule has 0 saturated heterocycles. The Morgan fingerprint density at radius 3 is 2.81 bits per heavy atom. The average Bonchev–Trinajstić information content (AvgIpc) is 2.52. The van der Waals surface area contributed by atoms with E-state index in [1.54, 1.807) is 7.11 Å². The summed E-state index contributed by atoms with van der Waals surface area (Å²) in [7, 11) is 1.67. The summed E-state index contributed by atoms with van der Waals surface area (Å²) in [5.74, 6) is 0.704. The molecule has 21 heavy (non-hydrogen) atoms. The number of ether oxygens (including phenoxy) is 2. The SMILES string of the molecule is CCCNC1(C(=O)OCC)CCc2ccc(OC)cc2C1. The van der Waals surface area contributed by atoms with Gasteiger partial charge in [0.05, 0.1) is 13.7 Å². The van der Waals surface area contributed by atoms with E-state index in [2.05, 4.69) is 18.3 Å². The number of methoxy groups -OCH3 is 1. The second-order valence-electron chi connectivity index (χ2n) is 5.54. The summed E-state index contributed by atoms with van der Waals surface area (Å²) in [6.07, 6.45) is 3.32. The summed E-state index contributed by atoms with van der Waals surface area (Å²) in [5, 5.41) is 3.43. The van der Waals surface area contributed by atoms with E-state index in [0.717, 1.165) is 31.6 Å². The monoisotopic (exact) mass is 291 g/mol. The van der Waals surface area contributed by atoms with E-state index in [-0.39, 0.29) is 5.97 Å². The molecular weight excluding hydrogens is 266 g/mol. The highest BCUT2D eigenvalue weighted by molar-refractivity contribution is 5.82. The summed E-state index contributed by atoms with van der Waals surface area (Å²) < 4.78 is 10.6. The number of rotatable bonds is 6. The molecule has 0 radical (unpaired) electrons. The number of hydrogen-bond donors (Lipinski definition) is 1. The first kappa shape index (κ1) is 15.8. The van der Waals surface area contributed by atoms with Crippen molar-refractivity contribution in [1.29, 1.82) is 0 Å². The minimum atomic E-state index is -0.592. The van der Waals surface area contributed by atoms with Gasteiger partial charge in [0, 0.05) is 6.42 Å². The van der Waals surface area contributed by atoms with Crippen LogP contribution < -0.4 is 10.1 Å². The second-order valence-corrected chi connectivity index (χ2v) is 5.54. The van der Waals surface area contributed by atoms with Gasteiger partial charge in [0.2, 0.25) is 0 Å². The molecule has 0 amide bonds. The molecule has 116 valence electrons. The van der Waals surface area contributed by atoms with Crippen molar-refractivity contribution in [2.24, 2.45) is 0 Å². The van der Waals surface area contributed by atoms with Crippen molar-refractivity contribution in [3.63, 3.8) is 0 Å². The highest BCUT2D eigenvalue weighted by Crippen LogP contribution is 2.32. The molecule has 0 aromatic heterocycles. The first-order chi connectivity index (χ1) is 10.1. The van der Waals surface area contributed by atoms with Crippen molar-refractivity contribution in [3.8, 4) is 5.75 Å². The smallest absolute Gasteiger partial charge is 0.326 e. The van der Waals surface area contributed by atoms with E-state index in [0.29, 0.717) is 13.0 Å². The van der Waals surface area contributed by atoms with Gasteiger partial charge >= 0.3 is 5.97 Å². The van der Waals surface area contributed by atoms with Crippen molar-refractivity contribution >= 4 is 5.97 Å². The number of fused-ring (bicyclic) bond motifs is 1. The number of nitrogens with one attached hydrogen (secondary N) is 1. The zero-order chi connectivity index (χ0) is 15.3. The number of carbonyl (C=O) groups is 1. The lowest BCUT2D eigenvalue weighted by molar-refractivity contribution is -0.151. The third-order valence-electron chi connectivity index (χ3n) is 4.11. The summed E-state index contributed by atoms with van der Waals surface area (Å²) in [6.45, 7) is 5.19. The molecule has 4 nitrogen and oxygen atoms in total. The molecule has 0 aliphatic heterocycles. The first-order valence-electron chi connectivity index (χ1n) is 7.73. The molecule has 0 saturated carbocycles. The molecule has 0 spiro atoms. The highest BCUT2D eigenvalue weighted by atomic mass is 16.5. The zero-order valence-corrected chi connectivity index (χ0v) is 13.2. The van der Waals surface area contributed by atoms with Crippen molar-refractivity contribution in [1.82, 2.24) is 5.32 Å². The molecule has 0 fully saturated rings. The molecule has 1 unspecified atom stereocenters. The highest BCUT2D eigenvalue weighted by Gasteiger charge is 2.42. The zero-order valence-electron chi connectivity index (χ0n) is 13.2. The third-order valence-corrected chi connectivity index (χ3v) is 4.11. The average molecular weight is 291 g/mol. The van der Waals surface area contributed by atoms with Crippen LogP contribution in [-0.2, 0) is 22.4 Å². The van der Waals surface area contributed by atoms with Crippen LogP contribution in [0.2, 0.25) is 0 Å². The number of carbonyl (C=O) groups excluding carboxylic acids is 1. The normalized spacial score (nSPS) is 20.7. The fourth-order valence-corrected chi connectivity index (χ4v) is 2.93. The molecule has 2 rings (SSSR count). The second kappa shape index (κ2) is 6.94. The molecule has 1 atom stereocenters. The molecule has 4 heteroatoms. The standard InChI is InChI=1S/C17H25NO3/c1-4-10-18-17(16(19)21-5-2)9-8-13-6-7-15(20-3)11-14(13)12-17/h6-7,11,18H,4-5,8-10,12H2,1-3H3. The lowest BCUT2D eigenvalue weighted by atomic mass is 9.77. The van der Waals surface area contributed by atoms with Gasteiger partial charge < -0.3 is 14.8 Å². The van der Waals surface area contributed by atoms with Crippen LogP contribution >= 0.6 is 0 Å². The topological polar surface area (TPSA) is 47.6 Å². The first-order valence-corrected chi connectivity index (χ1v) is 7.73. The predicted octanol–water partition coefficient (Wildman–Crippen LogP) is 2.49. The van der Waals surface area contributed by atoms with Crippen LogP contribution in [0.4, 0.5) is 0 Å². The van der Waals surface area contributed by atoms with Gasteiger partial charge in [-0.1, -0.05) is 13.0 Å². The van der Waals surface area contributed by atoms with Gasteiger partial charge in [-0.2, -0.15) is 0 Å². The van der Waals surface area contributed by atoms with Gasteiger partial charge in [0.1, 0.15) is 11.3 Å². The van der Waals surface area contributed by atoms with Crippen molar-refractivity contribution < 1.29 is 14.3 Å². The Hall–Kier alpha value is -1.55. The van der Waals surface area contributed by atoms with Gasteiger partial charge in [0.25, 0.3) is 0 Å². The lowest BCUT2D eigenvalue weighted by Crippen LogP contribution is -2.56. The Labute approximate surface area is 126 Å². The Bertz CT molecular complexity index is 501. The fraction of sp³-hybridized carbons (Fsp3) is 0.588. The van der Waals surface area contributed by atoms with Gasteiger partial charge in [-0.15, -0.1) is 0 Å². The number of benzene rings is 1. The van der Waals surface area contributed by atoms with E-state index < -0.39 is 5.54 Å². The number of aryl methyl sites for hydroxylation is 1. The quantitative estimate of drug-likeness (QED) is 0.818. The maximum absolute atomic E-state index is 12.5. The molecule has 1 aromatic rings. The van der Waals surface area contributed by atoms with Gasteiger partial charge in [0.15, 0.2) is 0 Å². The van der Waals surface area contributed by atoms with E-state index in [4.69, 9.17) is 9.47 Å². The molecule has 1 N–H and O–H groups in total. The van der Waals surface area contributed by atoms with Crippen LogP contribution in [0, 0.1) is 0 Å². The van der Waals surface area contributed by atoms with Gasteiger partial charge in [-0.25, -0.2) is 0 Å². The summed E-state index contributed by atoms with van der Waals surface area (Å²) in [4.78, 5) is 12.5. The molecule has 1 aromatic carbocycles. The van der Waals surface area contributed by atoms with Crippen LogP contribution in [0.3, 0.4) is 0 Å². The summed E-state index contributed by atoms with van der Waals surface area (Å²) in [6, 6.07) is 6.12. The fourth-order valence-electron chi connectivity index (χ4n) is 2.93. The van der Waals surface area contributed by atoms with Crippen molar-refractivity contribution in [3.05, 3.63) is 29.3 Å². The minimum Gasteiger partial charge on any atom is -0.497 e. The van der Waals surface area contributed by atoms with Crippen molar-refractivity contribution in [2.75, 3.05) is 20.3 Å². The molecule has 0 heterocycles. The largest absolute Gasteiger partial charge is 0.497 e. The summed E-state index contributed by atoms with van der Waals surface area (Å²) >= 11 is 0. The minimum absolute atomic E-state index is 0.132. The van der Waals surface area contributed by atoms with E-state index in [1.807, 2.05) is 19.1 Å². The molecule has 1 aliphatic rings. The third kappa shape index (κ3) is 3.38. The molecule has 0 bridgehead atoms. The van der Waals surface area contributed by atoms with Crippen LogP contribution in [0.15, 0.2) is 18.2 Å². The van der Waals surface area contributed by atoms with Gasteiger partial charge in [-0.3, -0.25) is 4.79 Å². The Kier molecular flexibility index (Phi) is 5.23. The Morgan fingerprint density at radius 1 is 1.33 bits per heavy atom. The van der Waals surface area contributed by atoms with Crippen LogP contribution in [0.25, 0.3) is 0 Å². The van der Waals surface area contributed by atoms with Gasteiger partial charge in [-0.05, 0) is 56.0 Å². The lowest BCUT2D eigenvalue weighted by Gasteiger charge is -2.37. The molecule has 1 aliphatic carbocycles.